The molecule has 1 aliphatic rings. The van der Waals surface area contributed by atoms with Crippen molar-refractivity contribution in [1.82, 2.24) is 5.32 Å². The van der Waals surface area contributed by atoms with E-state index >= 15 is 0 Å². The summed E-state index contributed by atoms with van der Waals surface area (Å²) < 4.78 is 5.85. The monoisotopic (exact) mass is 213 g/mol. The molecule has 1 N–H and O–H groups in total. The number of unbranched alkanes of at least 4 members (excludes halogenated alkanes) is 2. The maximum atomic E-state index is 5.85. The molecule has 0 radical (unpaired) electrons. The summed E-state index contributed by atoms with van der Waals surface area (Å²) in [4.78, 5) is 0. The lowest BCUT2D eigenvalue weighted by atomic mass is 10.1. The standard InChI is InChI=1S/C13H27NO/c1-12(2)6-4-3-5-11-15-13-7-9-14-10-8-13/h12-14H,3-11H2,1-2H3. The van der Waals surface area contributed by atoms with Crippen LogP contribution >= 0.6 is 0 Å². The molecule has 15 heavy (non-hydrogen) atoms. The largest absolute Gasteiger partial charge is 0.378 e. The number of piperidine rings is 1. The van der Waals surface area contributed by atoms with Crippen molar-refractivity contribution in [3.8, 4) is 0 Å². The number of rotatable bonds is 7. The van der Waals surface area contributed by atoms with Crippen molar-refractivity contribution in [1.29, 1.82) is 0 Å². The van der Waals surface area contributed by atoms with Crippen LogP contribution in [-0.2, 0) is 4.74 Å². The van der Waals surface area contributed by atoms with E-state index in [0.717, 1.165) is 25.6 Å². The third kappa shape index (κ3) is 6.91. The second-order valence-corrected chi connectivity index (χ2v) is 5.06. The first kappa shape index (κ1) is 13.0. The third-order valence-corrected chi connectivity index (χ3v) is 3.07. The van der Waals surface area contributed by atoms with Gasteiger partial charge < -0.3 is 10.1 Å². The fraction of sp³-hybridized carbons (Fsp3) is 1.00. The van der Waals surface area contributed by atoms with E-state index in [1.807, 2.05) is 0 Å². The average molecular weight is 213 g/mol. The van der Waals surface area contributed by atoms with Gasteiger partial charge in [0, 0.05) is 6.61 Å². The molecule has 1 saturated heterocycles. The molecule has 1 rings (SSSR count). The van der Waals surface area contributed by atoms with E-state index in [4.69, 9.17) is 4.74 Å². The highest BCUT2D eigenvalue weighted by Crippen LogP contribution is 2.11. The Morgan fingerprint density at radius 1 is 1.13 bits per heavy atom. The molecule has 0 unspecified atom stereocenters. The topological polar surface area (TPSA) is 21.3 Å². The van der Waals surface area contributed by atoms with Crippen LogP contribution in [0.1, 0.15) is 52.4 Å². The maximum absolute atomic E-state index is 5.85. The average Bonchev–Trinajstić information content (AvgIpc) is 2.24. The quantitative estimate of drug-likeness (QED) is 0.656. The molecule has 0 aromatic rings. The predicted molar refractivity (Wildman–Crippen MR) is 65.1 cm³/mol. The maximum Gasteiger partial charge on any atom is 0.0599 e. The summed E-state index contributed by atoms with van der Waals surface area (Å²) in [5.41, 5.74) is 0. The van der Waals surface area contributed by atoms with Gasteiger partial charge in [0.1, 0.15) is 0 Å². The fourth-order valence-corrected chi connectivity index (χ4v) is 2.04. The molecule has 1 heterocycles. The Bertz CT molecular complexity index is 141. The van der Waals surface area contributed by atoms with Crippen LogP contribution in [0, 0.1) is 5.92 Å². The van der Waals surface area contributed by atoms with Gasteiger partial charge in [0.2, 0.25) is 0 Å². The Kier molecular flexibility index (Phi) is 7.03. The van der Waals surface area contributed by atoms with Gasteiger partial charge in [0.25, 0.3) is 0 Å². The summed E-state index contributed by atoms with van der Waals surface area (Å²) in [6.07, 6.45) is 8.26. The van der Waals surface area contributed by atoms with Crippen molar-refractivity contribution in [2.24, 2.45) is 5.92 Å². The summed E-state index contributed by atoms with van der Waals surface area (Å²) in [6, 6.07) is 0. The highest BCUT2D eigenvalue weighted by Gasteiger charge is 2.12. The zero-order valence-corrected chi connectivity index (χ0v) is 10.4. The van der Waals surface area contributed by atoms with E-state index in [-0.39, 0.29) is 0 Å². The molecule has 0 saturated carbocycles. The van der Waals surface area contributed by atoms with Crippen LogP contribution in [0.4, 0.5) is 0 Å². The highest BCUT2D eigenvalue weighted by molar-refractivity contribution is 4.67. The van der Waals surface area contributed by atoms with Crippen molar-refractivity contribution >= 4 is 0 Å². The van der Waals surface area contributed by atoms with Crippen LogP contribution < -0.4 is 5.32 Å². The number of ether oxygens (including phenoxy) is 1. The minimum atomic E-state index is 0.538. The van der Waals surface area contributed by atoms with Crippen LogP contribution in [0.3, 0.4) is 0 Å². The van der Waals surface area contributed by atoms with Crippen molar-refractivity contribution in [2.45, 2.75) is 58.5 Å². The molecule has 2 heteroatoms. The third-order valence-electron chi connectivity index (χ3n) is 3.07. The SMILES string of the molecule is CC(C)CCCCCOC1CCNCC1. The molecule has 90 valence electrons. The van der Waals surface area contributed by atoms with Crippen molar-refractivity contribution in [2.75, 3.05) is 19.7 Å². The van der Waals surface area contributed by atoms with Crippen LogP contribution in [0.5, 0.6) is 0 Å². The van der Waals surface area contributed by atoms with E-state index < -0.39 is 0 Å². The highest BCUT2D eigenvalue weighted by atomic mass is 16.5. The van der Waals surface area contributed by atoms with E-state index in [9.17, 15) is 0 Å². The van der Waals surface area contributed by atoms with Crippen LogP contribution in [0.2, 0.25) is 0 Å². The fourth-order valence-electron chi connectivity index (χ4n) is 2.04. The molecular weight excluding hydrogens is 186 g/mol. The van der Waals surface area contributed by atoms with Gasteiger partial charge in [-0.15, -0.1) is 0 Å². The number of hydrogen-bond donors (Lipinski definition) is 1. The molecule has 0 aromatic carbocycles. The van der Waals surface area contributed by atoms with Gasteiger partial charge in [-0.2, -0.15) is 0 Å². The number of nitrogens with one attached hydrogen (secondary N) is 1. The Hall–Kier alpha value is -0.0800. The van der Waals surface area contributed by atoms with E-state index in [1.54, 1.807) is 0 Å². The van der Waals surface area contributed by atoms with Gasteiger partial charge in [-0.05, 0) is 38.3 Å². The summed E-state index contributed by atoms with van der Waals surface area (Å²) in [7, 11) is 0. The van der Waals surface area contributed by atoms with E-state index in [2.05, 4.69) is 19.2 Å². The van der Waals surface area contributed by atoms with Crippen molar-refractivity contribution < 1.29 is 4.74 Å². The van der Waals surface area contributed by atoms with Gasteiger partial charge in [-0.1, -0.05) is 33.1 Å². The summed E-state index contributed by atoms with van der Waals surface area (Å²) in [5, 5.41) is 3.36. The lowest BCUT2D eigenvalue weighted by molar-refractivity contribution is 0.0306. The molecule has 0 aliphatic carbocycles. The molecule has 0 spiro atoms. The van der Waals surface area contributed by atoms with Gasteiger partial charge in [-0.25, -0.2) is 0 Å². The normalized spacial score (nSPS) is 18.6. The number of hydrogen-bond acceptors (Lipinski definition) is 2. The first-order chi connectivity index (χ1) is 7.29. The van der Waals surface area contributed by atoms with Crippen molar-refractivity contribution in [3.63, 3.8) is 0 Å². The summed E-state index contributed by atoms with van der Waals surface area (Å²) >= 11 is 0. The summed E-state index contributed by atoms with van der Waals surface area (Å²) in [6.45, 7) is 7.84. The predicted octanol–water partition coefficient (Wildman–Crippen LogP) is 2.97. The second-order valence-electron chi connectivity index (χ2n) is 5.06. The van der Waals surface area contributed by atoms with Crippen LogP contribution in [0.25, 0.3) is 0 Å². The Balaban J connectivity index is 1.83. The van der Waals surface area contributed by atoms with Crippen LogP contribution in [0.15, 0.2) is 0 Å². The Morgan fingerprint density at radius 2 is 1.87 bits per heavy atom. The van der Waals surface area contributed by atoms with E-state index in [1.165, 1.54) is 38.5 Å². The van der Waals surface area contributed by atoms with Gasteiger partial charge >= 0.3 is 0 Å². The lowest BCUT2D eigenvalue weighted by Gasteiger charge is -2.22. The van der Waals surface area contributed by atoms with Gasteiger partial charge in [0.15, 0.2) is 0 Å². The smallest absolute Gasteiger partial charge is 0.0599 e. The first-order valence-corrected chi connectivity index (χ1v) is 6.61. The second kappa shape index (κ2) is 8.12. The van der Waals surface area contributed by atoms with Crippen molar-refractivity contribution in [3.05, 3.63) is 0 Å². The minimum Gasteiger partial charge on any atom is -0.378 e. The van der Waals surface area contributed by atoms with Gasteiger partial charge in [0.05, 0.1) is 6.10 Å². The zero-order chi connectivity index (χ0) is 10.9. The molecule has 0 atom stereocenters. The Morgan fingerprint density at radius 3 is 2.53 bits per heavy atom. The summed E-state index contributed by atoms with van der Waals surface area (Å²) in [5.74, 6) is 0.857. The molecular formula is C13H27NO. The lowest BCUT2D eigenvalue weighted by Crippen LogP contribution is -2.32. The molecule has 0 amide bonds. The first-order valence-electron chi connectivity index (χ1n) is 6.61. The van der Waals surface area contributed by atoms with Crippen LogP contribution in [-0.4, -0.2) is 25.8 Å². The van der Waals surface area contributed by atoms with Gasteiger partial charge in [-0.3, -0.25) is 0 Å². The molecule has 1 aliphatic heterocycles. The molecule has 0 aromatic heterocycles. The van der Waals surface area contributed by atoms with E-state index in [0.29, 0.717) is 6.10 Å². The molecule has 2 nitrogen and oxygen atoms in total. The Labute approximate surface area is 94.8 Å². The zero-order valence-electron chi connectivity index (χ0n) is 10.4. The minimum absolute atomic E-state index is 0.538. The molecule has 0 bridgehead atoms. The molecule has 1 fully saturated rings.